The summed E-state index contributed by atoms with van der Waals surface area (Å²) in [7, 11) is 0. The van der Waals surface area contributed by atoms with E-state index in [0.717, 1.165) is 6.07 Å². The summed E-state index contributed by atoms with van der Waals surface area (Å²) in [6.45, 7) is 0.112. The van der Waals surface area contributed by atoms with Crippen LogP contribution in [0.4, 0.5) is 10.1 Å². The first-order chi connectivity index (χ1) is 9.02. The number of aliphatic carboxylic acids is 1. The summed E-state index contributed by atoms with van der Waals surface area (Å²) in [5.74, 6) is -2.02. The predicted molar refractivity (Wildman–Crippen MR) is 64.7 cm³/mol. The molecule has 0 amide bonds. The van der Waals surface area contributed by atoms with Gasteiger partial charge in [-0.05, 0) is 25.3 Å². The van der Waals surface area contributed by atoms with Gasteiger partial charge in [-0.1, -0.05) is 6.07 Å². The van der Waals surface area contributed by atoms with Gasteiger partial charge in [-0.3, -0.25) is 14.9 Å². The number of nitrogens with zero attached hydrogens (tertiary/aromatic N) is 1. The second kappa shape index (κ2) is 7.30. The summed E-state index contributed by atoms with van der Waals surface area (Å²) in [6, 6.07) is 3.50. The van der Waals surface area contributed by atoms with Crippen LogP contribution in [0.15, 0.2) is 18.2 Å². The molecule has 0 spiro atoms. The van der Waals surface area contributed by atoms with E-state index in [9.17, 15) is 19.3 Å². The van der Waals surface area contributed by atoms with Gasteiger partial charge in [-0.2, -0.15) is 0 Å². The average molecular weight is 271 g/mol. The maximum Gasteiger partial charge on any atom is 0.314 e. The zero-order valence-electron chi connectivity index (χ0n) is 10.2. The Morgan fingerprint density at radius 1 is 1.37 bits per heavy atom. The zero-order valence-corrected chi connectivity index (χ0v) is 10.2. The highest BCUT2D eigenvalue weighted by Gasteiger charge is 2.18. The number of rotatable bonds is 8. The molecule has 0 aliphatic heterocycles. The molecule has 1 N–H and O–H groups in total. The third-order valence-corrected chi connectivity index (χ3v) is 2.42. The van der Waals surface area contributed by atoms with Crippen LogP contribution in [-0.4, -0.2) is 22.6 Å². The number of hydrogen-bond donors (Lipinski definition) is 1. The van der Waals surface area contributed by atoms with Gasteiger partial charge >= 0.3 is 11.7 Å². The molecule has 0 aromatic heterocycles. The first kappa shape index (κ1) is 14.9. The SMILES string of the molecule is O=C(O)CCCCCOc1c(F)cccc1[N+](=O)[O-]. The van der Waals surface area contributed by atoms with Crippen molar-refractivity contribution in [2.75, 3.05) is 6.61 Å². The first-order valence-electron chi connectivity index (χ1n) is 5.80. The van der Waals surface area contributed by atoms with Crippen molar-refractivity contribution in [2.24, 2.45) is 0 Å². The predicted octanol–water partition coefficient (Wildman–Crippen LogP) is 2.76. The molecular formula is C12H14FNO5. The van der Waals surface area contributed by atoms with Crippen LogP contribution in [0.3, 0.4) is 0 Å². The quantitative estimate of drug-likeness (QED) is 0.446. The maximum atomic E-state index is 13.4. The molecule has 0 atom stereocenters. The van der Waals surface area contributed by atoms with Crippen molar-refractivity contribution < 1.29 is 24.0 Å². The number of halogens is 1. The van der Waals surface area contributed by atoms with Gasteiger partial charge < -0.3 is 9.84 Å². The Bertz CT molecular complexity index is 463. The van der Waals surface area contributed by atoms with Gasteiger partial charge in [-0.15, -0.1) is 0 Å². The van der Waals surface area contributed by atoms with E-state index >= 15 is 0 Å². The Morgan fingerprint density at radius 3 is 2.74 bits per heavy atom. The number of carboxylic acids is 1. The summed E-state index contributed by atoms with van der Waals surface area (Å²) in [5.41, 5.74) is -0.412. The van der Waals surface area contributed by atoms with Crippen LogP contribution in [0.5, 0.6) is 5.75 Å². The normalized spacial score (nSPS) is 10.2. The van der Waals surface area contributed by atoms with Crippen LogP contribution >= 0.6 is 0 Å². The Balaban J connectivity index is 2.45. The molecule has 0 fully saturated rings. The van der Waals surface area contributed by atoms with E-state index in [0.29, 0.717) is 19.3 Å². The number of carboxylic acid groups (broad SMARTS) is 1. The minimum absolute atomic E-state index is 0.0693. The van der Waals surface area contributed by atoms with E-state index in [1.807, 2.05) is 0 Å². The van der Waals surface area contributed by atoms with Gasteiger partial charge in [0, 0.05) is 12.5 Å². The third kappa shape index (κ3) is 4.90. The van der Waals surface area contributed by atoms with E-state index < -0.39 is 22.4 Å². The molecule has 1 aromatic rings. The first-order valence-corrected chi connectivity index (χ1v) is 5.80. The number of para-hydroxylation sites is 1. The Morgan fingerprint density at radius 2 is 2.11 bits per heavy atom. The molecule has 0 heterocycles. The standard InChI is InChI=1S/C12H14FNO5/c13-9-5-4-6-10(14(17)18)12(9)19-8-3-1-2-7-11(15)16/h4-6H,1-3,7-8H2,(H,15,16). The minimum Gasteiger partial charge on any atom is -0.485 e. The number of ether oxygens (including phenoxy) is 1. The summed E-state index contributed by atoms with van der Waals surface area (Å²) in [4.78, 5) is 20.2. The molecule has 0 aliphatic carbocycles. The van der Waals surface area contributed by atoms with Gasteiger partial charge in [0.1, 0.15) is 0 Å². The van der Waals surface area contributed by atoms with Crippen molar-refractivity contribution in [1.82, 2.24) is 0 Å². The Hall–Kier alpha value is -2.18. The second-order valence-corrected chi connectivity index (χ2v) is 3.90. The van der Waals surface area contributed by atoms with Crippen LogP contribution in [0.1, 0.15) is 25.7 Å². The van der Waals surface area contributed by atoms with Crippen molar-refractivity contribution in [2.45, 2.75) is 25.7 Å². The molecule has 1 rings (SSSR count). The molecule has 0 unspecified atom stereocenters. The smallest absolute Gasteiger partial charge is 0.314 e. The zero-order chi connectivity index (χ0) is 14.3. The molecule has 7 heteroatoms. The van der Waals surface area contributed by atoms with Gasteiger partial charge in [0.15, 0.2) is 5.82 Å². The van der Waals surface area contributed by atoms with E-state index in [-0.39, 0.29) is 18.8 Å². The molecule has 6 nitrogen and oxygen atoms in total. The van der Waals surface area contributed by atoms with Crippen molar-refractivity contribution in [1.29, 1.82) is 0 Å². The van der Waals surface area contributed by atoms with Crippen LogP contribution in [0.2, 0.25) is 0 Å². The van der Waals surface area contributed by atoms with Crippen molar-refractivity contribution >= 4 is 11.7 Å². The van der Waals surface area contributed by atoms with Crippen LogP contribution in [-0.2, 0) is 4.79 Å². The number of nitro groups is 1. The molecular weight excluding hydrogens is 257 g/mol. The molecule has 1 aromatic carbocycles. The lowest BCUT2D eigenvalue weighted by Gasteiger charge is -2.07. The highest BCUT2D eigenvalue weighted by atomic mass is 19.1. The highest BCUT2D eigenvalue weighted by Crippen LogP contribution is 2.29. The van der Waals surface area contributed by atoms with E-state index in [1.165, 1.54) is 12.1 Å². The highest BCUT2D eigenvalue weighted by molar-refractivity contribution is 5.66. The van der Waals surface area contributed by atoms with Gasteiger partial charge in [-0.25, -0.2) is 4.39 Å². The number of benzene rings is 1. The largest absolute Gasteiger partial charge is 0.485 e. The number of carbonyl (C=O) groups is 1. The molecule has 104 valence electrons. The lowest BCUT2D eigenvalue weighted by Crippen LogP contribution is -2.03. The average Bonchev–Trinajstić information content (AvgIpc) is 2.34. The lowest BCUT2D eigenvalue weighted by atomic mass is 10.2. The third-order valence-electron chi connectivity index (χ3n) is 2.42. The Labute approximate surface area is 109 Å². The van der Waals surface area contributed by atoms with E-state index in [4.69, 9.17) is 9.84 Å². The Kier molecular flexibility index (Phi) is 5.72. The number of unbranched alkanes of at least 4 members (excludes halogenated alkanes) is 2. The molecule has 0 saturated carbocycles. The van der Waals surface area contributed by atoms with Gasteiger partial charge in [0.05, 0.1) is 11.5 Å². The molecule has 0 radical (unpaired) electrons. The summed E-state index contributed by atoms with van der Waals surface area (Å²) < 4.78 is 18.5. The van der Waals surface area contributed by atoms with E-state index in [1.54, 1.807) is 0 Å². The molecule has 0 aliphatic rings. The van der Waals surface area contributed by atoms with E-state index in [2.05, 4.69) is 0 Å². The maximum absolute atomic E-state index is 13.4. The van der Waals surface area contributed by atoms with Crippen LogP contribution in [0, 0.1) is 15.9 Å². The summed E-state index contributed by atoms with van der Waals surface area (Å²) >= 11 is 0. The fourth-order valence-corrected chi connectivity index (χ4v) is 1.51. The monoisotopic (exact) mass is 271 g/mol. The number of hydrogen-bond acceptors (Lipinski definition) is 4. The summed E-state index contributed by atoms with van der Waals surface area (Å²) in [5, 5.41) is 19.1. The van der Waals surface area contributed by atoms with Crippen molar-refractivity contribution in [3.63, 3.8) is 0 Å². The van der Waals surface area contributed by atoms with Crippen LogP contribution in [0.25, 0.3) is 0 Å². The minimum atomic E-state index is -0.870. The van der Waals surface area contributed by atoms with Crippen molar-refractivity contribution in [3.05, 3.63) is 34.1 Å². The van der Waals surface area contributed by atoms with Crippen molar-refractivity contribution in [3.8, 4) is 5.75 Å². The molecule has 0 bridgehead atoms. The molecule has 0 saturated heterocycles. The fourth-order valence-electron chi connectivity index (χ4n) is 1.51. The topological polar surface area (TPSA) is 89.7 Å². The van der Waals surface area contributed by atoms with Crippen LogP contribution < -0.4 is 4.74 Å². The fraction of sp³-hybridized carbons (Fsp3) is 0.417. The second-order valence-electron chi connectivity index (χ2n) is 3.90. The van der Waals surface area contributed by atoms with Gasteiger partial charge in [0.2, 0.25) is 5.75 Å². The number of nitro benzene ring substituents is 1. The lowest BCUT2D eigenvalue weighted by molar-refractivity contribution is -0.386. The summed E-state index contributed by atoms with van der Waals surface area (Å²) in [6.07, 6.45) is 1.69. The van der Waals surface area contributed by atoms with Gasteiger partial charge in [0.25, 0.3) is 0 Å². The molecule has 19 heavy (non-hydrogen) atoms.